The molecule has 4 aromatic rings. The van der Waals surface area contributed by atoms with Crippen molar-refractivity contribution in [2.75, 3.05) is 19.1 Å². The Morgan fingerprint density at radius 3 is 2.48 bits per heavy atom. The molecule has 3 aromatic carbocycles. The Hall–Kier alpha value is -4.40. The topological polar surface area (TPSA) is 98.6 Å². The third kappa shape index (κ3) is 5.50. The maximum absolute atomic E-state index is 14.4. The predicted molar refractivity (Wildman–Crippen MR) is 153 cm³/mol. The molecule has 1 saturated carbocycles. The number of carbonyl (C=O) groups is 2. The Bertz CT molecular complexity index is 1490. The Balaban J connectivity index is 1.64. The molecule has 1 N–H and O–H groups in total. The van der Waals surface area contributed by atoms with E-state index in [1.807, 2.05) is 67.6 Å². The van der Waals surface area contributed by atoms with Crippen molar-refractivity contribution in [2.45, 2.75) is 57.7 Å². The van der Waals surface area contributed by atoms with Gasteiger partial charge in [-0.3, -0.25) is 14.5 Å². The van der Waals surface area contributed by atoms with Crippen molar-refractivity contribution in [1.29, 1.82) is 0 Å². The van der Waals surface area contributed by atoms with Gasteiger partial charge in [0.15, 0.2) is 11.5 Å². The van der Waals surface area contributed by atoms with Crippen LogP contribution in [0.15, 0.2) is 66.7 Å². The summed E-state index contributed by atoms with van der Waals surface area (Å²) >= 11 is 0. The van der Waals surface area contributed by atoms with Crippen LogP contribution in [-0.4, -0.2) is 47.1 Å². The summed E-state index contributed by atoms with van der Waals surface area (Å²) in [5, 5.41) is 11.7. The van der Waals surface area contributed by atoms with Crippen LogP contribution in [0.3, 0.4) is 0 Å². The zero-order chi connectivity index (χ0) is 28.1. The number of carbonyl (C=O) groups excluding carboxylic acids is 2. The van der Waals surface area contributed by atoms with Crippen LogP contribution in [0.4, 0.5) is 5.69 Å². The number of methoxy groups -OCH3 is 2. The van der Waals surface area contributed by atoms with Gasteiger partial charge >= 0.3 is 0 Å². The van der Waals surface area contributed by atoms with Gasteiger partial charge in [0.1, 0.15) is 18.1 Å². The summed E-state index contributed by atoms with van der Waals surface area (Å²) in [5.41, 5.74) is 3.46. The zero-order valence-electron chi connectivity index (χ0n) is 23.2. The van der Waals surface area contributed by atoms with Crippen molar-refractivity contribution in [1.82, 2.24) is 20.3 Å². The monoisotopic (exact) mass is 541 g/mol. The summed E-state index contributed by atoms with van der Waals surface area (Å²) in [4.78, 5) is 30.2. The first kappa shape index (κ1) is 27.2. The SMILES string of the molecule is COc1cccc(C(C(=O)NC2CCCCC2)N(C(=O)Cn2nnc3ccccc32)c2ccccc2C)c1OC. The molecule has 0 aliphatic heterocycles. The number of hydrogen-bond acceptors (Lipinski definition) is 6. The fraction of sp³-hybridized carbons (Fsp3) is 0.355. The molecule has 0 bridgehead atoms. The molecule has 9 heteroatoms. The van der Waals surface area contributed by atoms with Gasteiger partial charge in [-0.2, -0.15) is 0 Å². The number of aryl methyl sites for hydroxylation is 1. The van der Waals surface area contributed by atoms with E-state index in [1.54, 1.807) is 29.9 Å². The second-order valence-electron chi connectivity index (χ2n) is 10.1. The Kier molecular flexibility index (Phi) is 8.28. The highest BCUT2D eigenvalue weighted by Gasteiger charge is 2.37. The lowest BCUT2D eigenvalue weighted by Gasteiger charge is -2.35. The first-order valence-corrected chi connectivity index (χ1v) is 13.7. The van der Waals surface area contributed by atoms with E-state index in [1.165, 1.54) is 6.42 Å². The predicted octanol–water partition coefficient (Wildman–Crippen LogP) is 4.98. The molecular weight excluding hydrogens is 506 g/mol. The summed E-state index contributed by atoms with van der Waals surface area (Å²) in [6.45, 7) is 1.83. The fourth-order valence-electron chi connectivity index (χ4n) is 5.54. The number of rotatable bonds is 9. The number of anilines is 1. The molecule has 1 aliphatic rings. The molecule has 208 valence electrons. The van der Waals surface area contributed by atoms with Crippen LogP contribution in [0.2, 0.25) is 0 Å². The fourth-order valence-corrected chi connectivity index (χ4v) is 5.54. The normalized spacial score (nSPS) is 14.5. The average molecular weight is 542 g/mol. The number of benzene rings is 3. The number of fused-ring (bicyclic) bond motifs is 1. The Morgan fingerprint density at radius 1 is 0.975 bits per heavy atom. The summed E-state index contributed by atoms with van der Waals surface area (Å²) in [7, 11) is 3.09. The maximum atomic E-state index is 14.4. The molecule has 40 heavy (non-hydrogen) atoms. The molecule has 2 amide bonds. The number of aromatic nitrogens is 3. The molecule has 9 nitrogen and oxygen atoms in total. The summed E-state index contributed by atoms with van der Waals surface area (Å²) in [6.07, 6.45) is 5.13. The number of para-hydroxylation sites is 3. The third-order valence-corrected chi connectivity index (χ3v) is 7.54. The van der Waals surface area contributed by atoms with Crippen molar-refractivity contribution >= 4 is 28.5 Å². The molecule has 1 atom stereocenters. The van der Waals surface area contributed by atoms with Crippen LogP contribution in [-0.2, 0) is 16.1 Å². The van der Waals surface area contributed by atoms with Crippen molar-refractivity contribution in [2.24, 2.45) is 0 Å². The van der Waals surface area contributed by atoms with E-state index in [9.17, 15) is 9.59 Å². The largest absolute Gasteiger partial charge is 0.493 e. The quantitative estimate of drug-likeness (QED) is 0.321. The average Bonchev–Trinajstić information content (AvgIpc) is 3.39. The van der Waals surface area contributed by atoms with Gasteiger partial charge in [-0.15, -0.1) is 5.10 Å². The molecule has 0 spiro atoms. The smallest absolute Gasteiger partial charge is 0.249 e. The van der Waals surface area contributed by atoms with Gasteiger partial charge in [0.2, 0.25) is 11.8 Å². The van der Waals surface area contributed by atoms with E-state index in [2.05, 4.69) is 15.6 Å². The van der Waals surface area contributed by atoms with Crippen LogP contribution in [0.1, 0.15) is 49.3 Å². The lowest BCUT2D eigenvalue weighted by atomic mass is 9.94. The highest BCUT2D eigenvalue weighted by atomic mass is 16.5. The van der Waals surface area contributed by atoms with Gasteiger partial charge in [0.05, 0.1) is 19.7 Å². The molecule has 1 aromatic heterocycles. The molecule has 5 rings (SSSR count). The van der Waals surface area contributed by atoms with E-state index in [0.717, 1.165) is 36.8 Å². The van der Waals surface area contributed by atoms with Crippen molar-refractivity contribution < 1.29 is 19.1 Å². The van der Waals surface area contributed by atoms with Gasteiger partial charge in [-0.1, -0.05) is 66.9 Å². The Labute approximate surface area is 234 Å². The second-order valence-corrected chi connectivity index (χ2v) is 10.1. The van der Waals surface area contributed by atoms with E-state index < -0.39 is 6.04 Å². The van der Waals surface area contributed by atoms with Crippen molar-refractivity contribution in [3.63, 3.8) is 0 Å². The zero-order valence-corrected chi connectivity index (χ0v) is 23.2. The van der Waals surface area contributed by atoms with E-state index in [4.69, 9.17) is 9.47 Å². The van der Waals surface area contributed by atoms with Crippen LogP contribution in [0.25, 0.3) is 11.0 Å². The summed E-state index contributed by atoms with van der Waals surface area (Å²) < 4.78 is 12.9. The summed E-state index contributed by atoms with van der Waals surface area (Å²) in [5.74, 6) is 0.318. The molecule has 1 unspecified atom stereocenters. The highest BCUT2D eigenvalue weighted by molar-refractivity contribution is 6.02. The number of hydrogen-bond donors (Lipinski definition) is 1. The highest BCUT2D eigenvalue weighted by Crippen LogP contribution is 2.40. The number of amides is 2. The molecular formula is C31H35N5O4. The van der Waals surface area contributed by atoms with E-state index in [0.29, 0.717) is 28.3 Å². The second kappa shape index (κ2) is 12.2. The standard InChI is InChI=1S/C31H35N5O4/c1-21-12-7-9-17-25(21)36(28(37)20-35-26-18-10-8-16-24(26)33-34-35)29(31(38)32-22-13-5-4-6-14-22)23-15-11-19-27(39-2)30(23)40-3/h7-12,15-19,22,29H,4-6,13-14,20H2,1-3H3,(H,32,38). The van der Waals surface area contributed by atoms with Crippen LogP contribution >= 0.6 is 0 Å². The first-order valence-electron chi connectivity index (χ1n) is 13.7. The Morgan fingerprint density at radius 2 is 1.73 bits per heavy atom. The van der Waals surface area contributed by atoms with Gasteiger partial charge in [-0.05, 0) is 49.6 Å². The number of ether oxygens (including phenoxy) is 2. The lowest BCUT2D eigenvalue weighted by molar-refractivity contribution is -0.127. The number of nitrogens with zero attached hydrogens (tertiary/aromatic N) is 4. The van der Waals surface area contributed by atoms with E-state index >= 15 is 0 Å². The van der Waals surface area contributed by atoms with Crippen LogP contribution in [0, 0.1) is 6.92 Å². The van der Waals surface area contributed by atoms with E-state index in [-0.39, 0.29) is 24.4 Å². The van der Waals surface area contributed by atoms with Crippen molar-refractivity contribution in [3.05, 3.63) is 77.9 Å². The van der Waals surface area contributed by atoms with Gasteiger partial charge in [0.25, 0.3) is 0 Å². The van der Waals surface area contributed by atoms with Crippen LogP contribution < -0.4 is 19.7 Å². The molecule has 0 radical (unpaired) electrons. The minimum atomic E-state index is -1.02. The van der Waals surface area contributed by atoms with Gasteiger partial charge < -0.3 is 14.8 Å². The lowest BCUT2D eigenvalue weighted by Crippen LogP contribution is -2.48. The van der Waals surface area contributed by atoms with Gasteiger partial charge in [0, 0.05) is 17.3 Å². The molecule has 1 heterocycles. The molecule has 0 saturated heterocycles. The van der Waals surface area contributed by atoms with Gasteiger partial charge in [-0.25, -0.2) is 4.68 Å². The molecule has 1 aliphatic carbocycles. The minimum absolute atomic E-state index is 0.0495. The van der Waals surface area contributed by atoms with Crippen LogP contribution in [0.5, 0.6) is 11.5 Å². The number of nitrogens with one attached hydrogen (secondary N) is 1. The van der Waals surface area contributed by atoms with Crippen molar-refractivity contribution in [3.8, 4) is 11.5 Å². The summed E-state index contributed by atoms with van der Waals surface area (Å²) in [6, 6.07) is 19.5. The third-order valence-electron chi connectivity index (χ3n) is 7.54. The molecule has 1 fully saturated rings. The first-order chi connectivity index (χ1) is 19.5. The maximum Gasteiger partial charge on any atom is 0.249 e. The minimum Gasteiger partial charge on any atom is -0.493 e.